The van der Waals surface area contributed by atoms with Gasteiger partial charge in [-0.05, 0) is 5.92 Å². The van der Waals surface area contributed by atoms with E-state index in [-0.39, 0.29) is 23.0 Å². The van der Waals surface area contributed by atoms with E-state index >= 15 is 0 Å². The third-order valence-electron chi connectivity index (χ3n) is 1.87. The summed E-state index contributed by atoms with van der Waals surface area (Å²) in [6.45, 7) is 8.71. The van der Waals surface area contributed by atoms with Gasteiger partial charge in [-0.2, -0.15) is 3.89 Å². The van der Waals surface area contributed by atoms with E-state index in [1.807, 2.05) is 0 Å². The summed E-state index contributed by atoms with van der Waals surface area (Å²) >= 11 is 0.0354. The highest BCUT2D eigenvalue weighted by molar-refractivity contribution is 7.94. The standard InChI is InChI=1S/C10H15FN4S/c1-6(2)4-13-7(3)9-10(12)14-5-8(15-9)16-11/h5-6,13H,3-4H2,1-2H3,(H2,12,14). The van der Waals surface area contributed by atoms with Gasteiger partial charge >= 0.3 is 0 Å². The van der Waals surface area contributed by atoms with Crippen molar-refractivity contribution < 1.29 is 3.89 Å². The lowest BCUT2D eigenvalue weighted by Gasteiger charge is -2.12. The monoisotopic (exact) mass is 242 g/mol. The molecule has 0 aliphatic rings. The van der Waals surface area contributed by atoms with Crippen LogP contribution in [0.15, 0.2) is 17.8 Å². The van der Waals surface area contributed by atoms with Crippen LogP contribution in [0.1, 0.15) is 19.5 Å². The zero-order chi connectivity index (χ0) is 12.1. The summed E-state index contributed by atoms with van der Waals surface area (Å²) in [5.74, 6) is 0.726. The molecule has 0 spiro atoms. The third kappa shape index (κ3) is 3.37. The summed E-state index contributed by atoms with van der Waals surface area (Å²) in [5.41, 5.74) is 6.62. The van der Waals surface area contributed by atoms with Crippen molar-refractivity contribution in [2.75, 3.05) is 12.3 Å². The molecule has 0 radical (unpaired) electrons. The van der Waals surface area contributed by atoms with Gasteiger partial charge in [-0.1, -0.05) is 20.4 Å². The summed E-state index contributed by atoms with van der Waals surface area (Å²) in [6, 6.07) is 0. The van der Waals surface area contributed by atoms with E-state index < -0.39 is 0 Å². The normalized spacial score (nSPS) is 10.5. The molecule has 6 heteroatoms. The van der Waals surface area contributed by atoms with Gasteiger partial charge < -0.3 is 11.1 Å². The second kappa shape index (κ2) is 5.69. The molecule has 0 aliphatic carbocycles. The Kier molecular flexibility index (Phi) is 4.54. The number of aromatic nitrogens is 2. The molecule has 1 heterocycles. The molecule has 16 heavy (non-hydrogen) atoms. The molecular formula is C10H15FN4S. The summed E-state index contributed by atoms with van der Waals surface area (Å²) in [4.78, 5) is 7.86. The molecule has 0 saturated carbocycles. The van der Waals surface area contributed by atoms with Crippen LogP contribution in [0.25, 0.3) is 5.70 Å². The lowest BCUT2D eigenvalue weighted by atomic mass is 10.2. The largest absolute Gasteiger partial charge is 0.383 e. The van der Waals surface area contributed by atoms with Gasteiger partial charge in [-0.15, -0.1) is 0 Å². The molecule has 1 aromatic heterocycles. The van der Waals surface area contributed by atoms with Crippen molar-refractivity contribution in [3.8, 4) is 0 Å². The molecule has 4 nitrogen and oxygen atoms in total. The predicted octanol–water partition coefficient (Wildman–Crippen LogP) is 2.25. The lowest BCUT2D eigenvalue weighted by molar-refractivity contribution is 0.617. The number of nitrogens with one attached hydrogen (secondary N) is 1. The maximum Gasteiger partial charge on any atom is 0.151 e. The number of nitrogen functional groups attached to an aromatic ring is 1. The number of nitrogens with zero attached hydrogens (tertiary/aromatic N) is 2. The van der Waals surface area contributed by atoms with Crippen molar-refractivity contribution in [3.63, 3.8) is 0 Å². The molecule has 0 aromatic carbocycles. The number of rotatable bonds is 5. The molecule has 1 aromatic rings. The van der Waals surface area contributed by atoms with Gasteiger partial charge in [0.2, 0.25) is 0 Å². The Morgan fingerprint density at radius 2 is 2.38 bits per heavy atom. The SMILES string of the molecule is C=C(NCC(C)C)c1nc(SF)cnc1N. The highest BCUT2D eigenvalue weighted by atomic mass is 32.2. The zero-order valence-electron chi connectivity index (χ0n) is 9.33. The average molecular weight is 242 g/mol. The summed E-state index contributed by atoms with van der Waals surface area (Å²) in [7, 11) is 0. The second-order valence-corrected chi connectivity index (χ2v) is 4.35. The van der Waals surface area contributed by atoms with Crippen molar-refractivity contribution in [2.45, 2.75) is 18.9 Å². The van der Waals surface area contributed by atoms with Crippen LogP contribution in [0, 0.1) is 5.92 Å². The van der Waals surface area contributed by atoms with E-state index in [4.69, 9.17) is 5.73 Å². The van der Waals surface area contributed by atoms with Crippen LogP contribution in [0.5, 0.6) is 0 Å². The minimum atomic E-state index is 0.0354. The van der Waals surface area contributed by atoms with Crippen LogP contribution < -0.4 is 11.1 Å². The van der Waals surface area contributed by atoms with Crippen molar-refractivity contribution in [1.82, 2.24) is 15.3 Å². The van der Waals surface area contributed by atoms with Crippen molar-refractivity contribution in [2.24, 2.45) is 5.92 Å². The second-order valence-electron chi connectivity index (χ2n) is 3.77. The highest BCUT2D eigenvalue weighted by Gasteiger charge is 2.09. The molecule has 0 atom stereocenters. The van der Waals surface area contributed by atoms with E-state index in [0.29, 0.717) is 17.3 Å². The Labute approximate surface area is 98.8 Å². The smallest absolute Gasteiger partial charge is 0.151 e. The molecule has 0 saturated heterocycles. The first-order valence-corrected chi connectivity index (χ1v) is 5.60. The average Bonchev–Trinajstić information content (AvgIpc) is 2.26. The van der Waals surface area contributed by atoms with Crippen LogP contribution in [0.2, 0.25) is 0 Å². The Bertz CT molecular complexity index is 381. The van der Waals surface area contributed by atoms with Crippen molar-refractivity contribution in [3.05, 3.63) is 18.5 Å². The van der Waals surface area contributed by atoms with Crippen LogP contribution in [0.3, 0.4) is 0 Å². The number of hydrogen-bond acceptors (Lipinski definition) is 5. The topological polar surface area (TPSA) is 63.8 Å². The molecule has 88 valence electrons. The van der Waals surface area contributed by atoms with Crippen LogP contribution in [0.4, 0.5) is 9.70 Å². The molecule has 1 rings (SSSR count). The fraction of sp³-hybridized carbons (Fsp3) is 0.400. The van der Waals surface area contributed by atoms with E-state index in [9.17, 15) is 3.89 Å². The predicted molar refractivity (Wildman–Crippen MR) is 65.3 cm³/mol. The molecule has 3 N–H and O–H groups in total. The maximum atomic E-state index is 12.3. The quantitative estimate of drug-likeness (QED) is 0.829. The summed E-state index contributed by atoms with van der Waals surface area (Å²) in [5, 5.41) is 3.26. The van der Waals surface area contributed by atoms with Gasteiger partial charge in [-0.25, -0.2) is 9.97 Å². The van der Waals surface area contributed by atoms with Gasteiger partial charge in [-0.3, -0.25) is 0 Å². The van der Waals surface area contributed by atoms with Gasteiger partial charge in [0.15, 0.2) is 5.82 Å². The third-order valence-corrected chi connectivity index (χ3v) is 2.22. The van der Waals surface area contributed by atoms with E-state index in [2.05, 4.69) is 35.7 Å². The van der Waals surface area contributed by atoms with Crippen molar-refractivity contribution in [1.29, 1.82) is 0 Å². The van der Waals surface area contributed by atoms with E-state index in [1.165, 1.54) is 6.20 Å². The summed E-state index contributed by atoms with van der Waals surface area (Å²) in [6.07, 6.45) is 1.29. The Hall–Kier alpha value is -1.30. The number of anilines is 1. The molecule has 0 amide bonds. The van der Waals surface area contributed by atoms with Crippen molar-refractivity contribution >= 4 is 23.7 Å². The molecule has 0 unspecified atom stereocenters. The van der Waals surface area contributed by atoms with E-state index in [0.717, 1.165) is 6.54 Å². The minimum absolute atomic E-state index is 0.0354. The van der Waals surface area contributed by atoms with Gasteiger partial charge in [0.25, 0.3) is 0 Å². The Morgan fingerprint density at radius 3 is 2.94 bits per heavy atom. The zero-order valence-corrected chi connectivity index (χ0v) is 10.1. The fourth-order valence-electron chi connectivity index (χ4n) is 1.05. The first-order chi connectivity index (χ1) is 7.54. The lowest BCUT2D eigenvalue weighted by Crippen LogP contribution is -2.19. The van der Waals surface area contributed by atoms with Crippen LogP contribution in [-0.4, -0.2) is 16.5 Å². The Morgan fingerprint density at radius 1 is 1.69 bits per heavy atom. The van der Waals surface area contributed by atoms with Crippen LogP contribution in [-0.2, 0) is 0 Å². The molecule has 0 fully saturated rings. The van der Waals surface area contributed by atoms with Gasteiger partial charge in [0.1, 0.15) is 22.9 Å². The Balaban J connectivity index is 2.81. The minimum Gasteiger partial charge on any atom is -0.383 e. The first-order valence-electron chi connectivity index (χ1n) is 4.88. The molecular weight excluding hydrogens is 227 g/mol. The molecule has 0 bridgehead atoms. The van der Waals surface area contributed by atoms with Gasteiger partial charge in [0.05, 0.1) is 11.9 Å². The van der Waals surface area contributed by atoms with Crippen LogP contribution >= 0.6 is 12.1 Å². The van der Waals surface area contributed by atoms with Gasteiger partial charge in [0, 0.05) is 6.54 Å². The molecule has 0 aliphatic heterocycles. The highest BCUT2D eigenvalue weighted by Crippen LogP contribution is 2.20. The fourth-order valence-corrected chi connectivity index (χ4v) is 1.27. The number of hydrogen-bond donors (Lipinski definition) is 2. The maximum absolute atomic E-state index is 12.3. The first kappa shape index (κ1) is 12.8. The van der Waals surface area contributed by atoms with E-state index in [1.54, 1.807) is 0 Å². The number of halogens is 1. The number of nitrogens with two attached hydrogens (primary N) is 1. The summed E-state index contributed by atoms with van der Waals surface area (Å²) < 4.78 is 12.3.